The SMILES string of the molecule is COC.C[C@H]1CCCCC1C=O. The van der Waals surface area contributed by atoms with E-state index < -0.39 is 0 Å². The Bertz CT molecular complexity index is 112. The molecule has 0 aliphatic heterocycles. The van der Waals surface area contributed by atoms with Gasteiger partial charge in [0.05, 0.1) is 0 Å². The standard InChI is InChI=1S/C8H14O.C2H6O/c1-7-4-2-3-5-8(7)6-9;1-3-2/h6-8H,2-5H2,1H3;1-2H3/t7-,8?;/m0./s1. The molecule has 0 radical (unpaired) electrons. The third-order valence-electron chi connectivity index (χ3n) is 2.35. The van der Waals surface area contributed by atoms with Gasteiger partial charge in [-0.15, -0.1) is 0 Å². The predicted octanol–water partition coefficient (Wildman–Crippen LogP) is 2.27. The van der Waals surface area contributed by atoms with Crippen molar-refractivity contribution in [1.29, 1.82) is 0 Å². The molecule has 12 heavy (non-hydrogen) atoms. The van der Waals surface area contributed by atoms with Crippen LogP contribution in [0, 0.1) is 11.8 Å². The maximum absolute atomic E-state index is 10.4. The zero-order chi connectivity index (χ0) is 9.40. The maximum atomic E-state index is 10.4. The largest absolute Gasteiger partial charge is 0.388 e. The lowest BCUT2D eigenvalue weighted by molar-refractivity contribution is -0.113. The number of hydrogen-bond donors (Lipinski definition) is 0. The first kappa shape index (κ1) is 11.6. The summed E-state index contributed by atoms with van der Waals surface area (Å²) in [5.74, 6) is 1.02. The van der Waals surface area contributed by atoms with Gasteiger partial charge in [-0.2, -0.15) is 0 Å². The van der Waals surface area contributed by atoms with Crippen LogP contribution in [0.3, 0.4) is 0 Å². The van der Waals surface area contributed by atoms with Crippen LogP contribution in [-0.4, -0.2) is 20.5 Å². The van der Waals surface area contributed by atoms with Crippen LogP contribution in [-0.2, 0) is 9.53 Å². The summed E-state index contributed by atoms with van der Waals surface area (Å²) in [6.45, 7) is 2.18. The second kappa shape index (κ2) is 7.29. The van der Waals surface area contributed by atoms with Crippen molar-refractivity contribution in [3.63, 3.8) is 0 Å². The van der Waals surface area contributed by atoms with E-state index in [9.17, 15) is 4.79 Å². The number of ether oxygens (including phenoxy) is 1. The lowest BCUT2D eigenvalue weighted by atomic mass is 9.81. The maximum Gasteiger partial charge on any atom is 0.123 e. The Hall–Kier alpha value is -0.370. The quantitative estimate of drug-likeness (QED) is 0.567. The van der Waals surface area contributed by atoms with Gasteiger partial charge in [-0.05, 0) is 12.3 Å². The van der Waals surface area contributed by atoms with Gasteiger partial charge in [0.2, 0.25) is 0 Å². The van der Waals surface area contributed by atoms with E-state index in [1.807, 2.05) is 0 Å². The highest BCUT2D eigenvalue weighted by atomic mass is 16.4. The van der Waals surface area contributed by atoms with E-state index in [2.05, 4.69) is 11.7 Å². The fourth-order valence-corrected chi connectivity index (χ4v) is 1.55. The molecular formula is C10H20O2. The van der Waals surface area contributed by atoms with Crippen LogP contribution in [0.4, 0.5) is 0 Å². The second-order valence-electron chi connectivity index (χ2n) is 3.47. The number of carbonyl (C=O) groups is 1. The smallest absolute Gasteiger partial charge is 0.123 e. The lowest BCUT2D eigenvalue weighted by Gasteiger charge is -2.23. The first-order valence-corrected chi connectivity index (χ1v) is 4.61. The van der Waals surface area contributed by atoms with Gasteiger partial charge in [-0.1, -0.05) is 26.2 Å². The number of hydrogen-bond acceptors (Lipinski definition) is 2. The summed E-state index contributed by atoms with van der Waals surface area (Å²) >= 11 is 0. The van der Waals surface area contributed by atoms with E-state index in [4.69, 9.17) is 0 Å². The summed E-state index contributed by atoms with van der Waals surface area (Å²) in [4.78, 5) is 10.4. The molecule has 0 heterocycles. The first-order valence-electron chi connectivity index (χ1n) is 4.61. The Kier molecular flexibility index (Phi) is 7.06. The summed E-state index contributed by atoms with van der Waals surface area (Å²) in [6, 6.07) is 0. The molecule has 0 amide bonds. The highest BCUT2D eigenvalue weighted by molar-refractivity contribution is 5.54. The average molecular weight is 172 g/mol. The van der Waals surface area contributed by atoms with E-state index in [1.165, 1.54) is 19.3 Å². The van der Waals surface area contributed by atoms with Crippen molar-refractivity contribution in [3.05, 3.63) is 0 Å². The molecule has 0 aromatic heterocycles. The molecule has 2 atom stereocenters. The average Bonchev–Trinajstić information content (AvgIpc) is 2.07. The molecule has 0 aromatic carbocycles. The molecule has 0 bridgehead atoms. The van der Waals surface area contributed by atoms with Crippen molar-refractivity contribution < 1.29 is 9.53 Å². The minimum atomic E-state index is 0.374. The Morgan fingerprint density at radius 1 is 1.25 bits per heavy atom. The van der Waals surface area contributed by atoms with Gasteiger partial charge < -0.3 is 9.53 Å². The minimum Gasteiger partial charge on any atom is -0.388 e. The molecule has 1 saturated carbocycles. The van der Waals surface area contributed by atoms with Gasteiger partial charge in [0.15, 0.2) is 0 Å². The molecule has 2 nitrogen and oxygen atoms in total. The van der Waals surface area contributed by atoms with Gasteiger partial charge in [0, 0.05) is 20.1 Å². The van der Waals surface area contributed by atoms with Gasteiger partial charge in [0.25, 0.3) is 0 Å². The monoisotopic (exact) mass is 172 g/mol. The Labute approximate surface area is 75.3 Å². The van der Waals surface area contributed by atoms with Crippen molar-refractivity contribution in [1.82, 2.24) is 0 Å². The second-order valence-corrected chi connectivity index (χ2v) is 3.47. The number of carbonyl (C=O) groups excluding carboxylic acids is 1. The van der Waals surface area contributed by atoms with Crippen LogP contribution in [0.15, 0.2) is 0 Å². The van der Waals surface area contributed by atoms with Gasteiger partial charge in [-0.25, -0.2) is 0 Å². The third kappa shape index (κ3) is 4.50. The van der Waals surface area contributed by atoms with Crippen molar-refractivity contribution in [2.75, 3.05) is 14.2 Å². The fourth-order valence-electron chi connectivity index (χ4n) is 1.55. The van der Waals surface area contributed by atoms with E-state index in [0.717, 1.165) is 12.7 Å². The molecule has 1 fully saturated rings. The summed E-state index contributed by atoms with van der Waals surface area (Å²) in [5.41, 5.74) is 0. The highest BCUT2D eigenvalue weighted by Gasteiger charge is 2.19. The lowest BCUT2D eigenvalue weighted by Crippen LogP contribution is -2.17. The van der Waals surface area contributed by atoms with Crippen LogP contribution in [0.25, 0.3) is 0 Å². The Morgan fingerprint density at radius 2 is 1.75 bits per heavy atom. The van der Waals surface area contributed by atoms with E-state index in [-0.39, 0.29) is 0 Å². The molecule has 0 spiro atoms. The van der Waals surface area contributed by atoms with Crippen LogP contribution in [0.2, 0.25) is 0 Å². The molecule has 1 rings (SSSR count). The molecule has 1 aliphatic carbocycles. The fraction of sp³-hybridized carbons (Fsp3) is 0.900. The van der Waals surface area contributed by atoms with Crippen molar-refractivity contribution in [2.45, 2.75) is 32.6 Å². The van der Waals surface area contributed by atoms with Crippen molar-refractivity contribution in [2.24, 2.45) is 11.8 Å². The molecule has 0 N–H and O–H groups in total. The highest BCUT2D eigenvalue weighted by Crippen LogP contribution is 2.27. The minimum absolute atomic E-state index is 0.374. The number of methoxy groups -OCH3 is 1. The molecule has 1 aliphatic rings. The summed E-state index contributed by atoms with van der Waals surface area (Å²) < 4.78 is 4.25. The van der Waals surface area contributed by atoms with Crippen molar-refractivity contribution in [3.8, 4) is 0 Å². The molecule has 2 heteroatoms. The molecule has 0 saturated heterocycles. The van der Waals surface area contributed by atoms with Crippen LogP contribution in [0.5, 0.6) is 0 Å². The van der Waals surface area contributed by atoms with Crippen molar-refractivity contribution >= 4 is 6.29 Å². The molecule has 0 aromatic rings. The first-order chi connectivity index (χ1) is 5.76. The van der Waals surface area contributed by atoms with Crippen LogP contribution >= 0.6 is 0 Å². The van der Waals surface area contributed by atoms with E-state index >= 15 is 0 Å². The summed E-state index contributed by atoms with van der Waals surface area (Å²) in [5, 5.41) is 0. The third-order valence-corrected chi connectivity index (χ3v) is 2.35. The van der Waals surface area contributed by atoms with E-state index in [1.54, 1.807) is 14.2 Å². The van der Waals surface area contributed by atoms with Gasteiger partial charge in [0.1, 0.15) is 6.29 Å². The number of rotatable bonds is 1. The Morgan fingerprint density at radius 3 is 2.08 bits per heavy atom. The Balaban J connectivity index is 0.000000354. The predicted molar refractivity (Wildman–Crippen MR) is 50.1 cm³/mol. The number of aldehydes is 1. The molecule has 72 valence electrons. The normalized spacial score (nSPS) is 28.6. The molecular weight excluding hydrogens is 152 g/mol. The summed E-state index contributed by atoms with van der Waals surface area (Å²) in [7, 11) is 3.25. The van der Waals surface area contributed by atoms with Crippen LogP contribution in [0.1, 0.15) is 32.6 Å². The molecule has 1 unspecified atom stereocenters. The zero-order valence-electron chi connectivity index (χ0n) is 8.38. The zero-order valence-corrected chi connectivity index (χ0v) is 8.38. The van der Waals surface area contributed by atoms with Gasteiger partial charge in [-0.3, -0.25) is 0 Å². The van der Waals surface area contributed by atoms with Gasteiger partial charge >= 0.3 is 0 Å². The van der Waals surface area contributed by atoms with E-state index in [0.29, 0.717) is 11.8 Å². The summed E-state index contributed by atoms with van der Waals surface area (Å²) in [6.07, 6.45) is 6.09. The topological polar surface area (TPSA) is 26.3 Å². The van der Waals surface area contributed by atoms with Crippen LogP contribution < -0.4 is 0 Å².